The molecular formula is C51H67FN2O6. The lowest BCUT2D eigenvalue weighted by Gasteiger charge is -2.08. The third-order valence-corrected chi connectivity index (χ3v) is 10.5. The lowest BCUT2D eigenvalue weighted by Crippen LogP contribution is -2.10. The maximum absolute atomic E-state index is 14.7. The molecule has 324 valence electrons. The van der Waals surface area contributed by atoms with Crippen LogP contribution in [0.15, 0.2) is 88.8 Å². The van der Waals surface area contributed by atoms with Crippen molar-refractivity contribution < 1.29 is 33.6 Å². The van der Waals surface area contributed by atoms with Gasteiger partial charge in [0, 0.05) is 35.7 Å². The Morgan fingerprint density at radius 3 is 1.37 bits per heavy atom. The van der Waals surface area contributed by atoms with Crippen LogP contribution in [0.2, 0.25) is 0 Å². The first-order valence-electron chi connectivity index (χ1n) is 22.5. The van der Waals surface area contributed by atoms with Gasteiger partial charge in [-0.3, -0.25) is 9.98 Å². The van der Waals surface area contributed by atoms with Gasteiger partial charge in [0.1, 0.15) is 34.6 Å². The van der Waals surface area contributed by atoms with Crippen LogP contribution in [0, 0.1) is 5.82 Å². The molecular weight excluding hydrogens is 756 g/mol. The van der Waals surface area contributed by atoms with E-state index in [1.165, 1.54) is 121 Å². The van der Waals surface area contributed by atoms with E-state index in [9.17, 15) is 19.4 Å². The minimum Gasteiger partial charge on any atom is -0.507 e. The first-order valence-corrected chi connectivity index (χ1v) is 22.5. The van der Waals surface area contributed by atoms with Gasteiger partial charge in [-0.15, -0.1) is 0 Å². The van der Waals surface area contributed by atoms with Crippen molar-refractivity contribution >= 4 is 29.8 Å². The smallest absolute Gasteiger partial charge is 0.346 e. The van der Waals surface area contributed by atoms with Crippen molar-refractivity contribution in [2.45, 2.75) is 142 Å². The number of benzene rings is 4. The molecule has 60 heavy (non-hydrogen) atoms. The monoisotopic (exact) mass is 822 g/mol. The number of rotatable bonds is 30. The molecule has 0 atom stereocenters. The molecule has 0 heterocycles. The summed E-state index contributed by atoms with van der Waals surface area (Å²) in [5, 5.41) is 21.1. The summed E-state index contributed by atoms with van der Waals surface area (Å²) < 4.78 is 31.9. The SMILES string of the molecule is CCCCCCCCCCCCOc1ccc(C=Nc2ccc(OC(=O)c3cc(N=Cc4ccc(OCCCCCCCCCCCC)cc4O)ccc3F)cc2)c(O)c1. The Morgan fingerprint density at radius 1 is 0.517 bits per heavy atom. The second-order valence-electron chi connectivity index (χ2n) is 15.6. The fourth-order valence-corrected chi connectivity index (χ4v) is 6.80. The van der Waals surface area contributed by atoms with Crippen molar-refractivity contribution in [3.05, 3.63) is 101 Å². The van der Waals surface area contributed by atoms with Crippen LogP contribution in [0.4, 0.5) is 15.8 Å². The number of hydrogen-bond donors (Lipinski definition) is 2. The number of phenolic OH excluding ortho intramolecular Hbond substituents is 2. The number of aromatic hydroxyl groups is 2. The lowest BCUT2D eigenvalue weighted by atomic mass is 10.1. The van der Waals surface area contributed by atoms with Crippen LogP contribution in [-0.4, -0.2) is 41.8 Å². The molecule has 0 spiro atoms. The van der Waals surface area contributed by atoms with Crippen molar-refractivity contribution in [1.29, 1.82) is 0 Å². The topological polar surface area (TPSA) is 110 Å². The molecule has 0 bridgehead atoms. The first-order chi connectivity index (χ1) is 29.4. The molecule has 0 aromatic heterocycles. The average molecular weight is 823 g/mol. The van der Waals surface area contributed by atoms with Gasteiger partial charge in [0.2, 0.25) is 0 Å². The van der Waals surface area contributed by atoms with Crippen molar-refractivity contribution in [2.24, 2.45) is 9.98 Å². The Hall–Kier alpha value is -5.18. The summed E-state index contributed by atoms with van der Waals surface area (Å²) in [5.74, 6) is -0.160. The summed E-state index contributed by atoms with van der Waals surface area (Å²) in [4.78, 5) is 21.8. The molecule has 0 aliphatic rings. The predicted molar refractivity (Wildman–Crippen MR) is 243 cm³/mol. The second kappa shape index (κ2) is 28.3. The summed E-state index contributed by atoms with van der Waals surface area (Å²) in [7, 11) is 0. The Kier molecular flexibility index (Phi) is 22.4. The van der Waals surface area contributed by atoms with Crippen LogP contribution in [-0.2, 0) is 0 Å². The summed E-state index contributed by atoms with van der Waals surface area (Å²) in [6, 6.07) is 20.5. The highest BCUT2D eigenvalue weighted by atomic mass is 19.1. The van der Waals surface area contributed by atoms with Crippen molar-refractivity contribution in [3.63, 3.8) is 0 Å². The molecule has 0 fully saturated rings. The van der Waals surface area contributed by atoms with Gasteiger partial charge in [0.15, 0.2) is 0 Å². The Labute approximate surface area is 358 Å². The molecule has 0 amide bonds. The van der Waals surface area contributed by atoms with Crippen LogP contribution in [0.5, 0.6) is 28.7 Å². The first kappa shape index (κ1) is 47.5. The highest BCUT2D eigenvalue weighted by molar-refractivity contribution is 5.93. The van der Waals surface area contributed by atoms with Gasteiger partial charge in [-0.25, -0.2) is 9.18 Å². The molecule has 8 nitrogen and oxygen atoms in total. The molecule has 0 saturated carbocycles. The minimum atomic E-state index is -0.882. The number of esters is 1. The van der Waals surface area contributed by atoms with Gasteiger partial charge < -0.3 is 24.4 Å². The normalized spacial score (nSPS) is 11.4. The molecule has 0 radical (unpaired) electrons. The van der Waals surface area contributed by atoms with E-state index in [2.05, 4.69) is 23.8 Å². The van der Waals surface area contributed by atoms with Gasteiger partial charge >= 0.3 is 5.97 Å². The molecule has 9 heteroatoms. The molecule has 4 aromatic carbocycles. The van der Waals surface area contributed by atoms with Crippen molar-refractivity contribution in [3.8, 4) is 28.7 Å². The van der Waals surface area contributed by atoms with Crippen LogP contribution in [0.1, 0.15) is 164 Å². The zero-order valence-corrected chi connectivity index (χ0v) is 36.0. The standard InChI is InChI=1S/C51H67FN2O6/c1-3-5-7-9-11-13-15-17-19-21-33-58-45-28-23-40(49(55)36-45)38-53-42-25-30-44(31-26-42)60-51(57)47-35-43(27-32-48(47)52)54-39-41-24-29-46(37-50(41)56)59-34-22-20-18-16-14-12-10-8-6-4-2/h23-32,35-39,55-56H,3-22,33-34H2,1-2H3. The quantitative estimate of drug-likeness (QED) is 0.0235. The van der Waals surface area contributed by atoms with Crippen molar-refractivity contribution in [2.75, 3.05) is 13.2 Å². The molecule has 0 aliphatic carbocycles. The van der Waals surface area contributed by atoms with E-state index in [-0.39, 0.29) is 22.8 Å². The van der Waals surface area contributed by atoms with Gasteiger partial charge in [-0.1, -0.05) is 129 Å². The third-order valence-electron chi connectivity index (χ3n) is 10.5. The van der Waals surface area contributed by atoms with Crippen molar-refractivity contribution in [1.82, 2.24) is 0 Å². The highest BCUT2D eigenvalue weighted by Gasteiger charge is 2.15. The number of phenols is 2. The third kappa shape index (κ3) is 18.4. The number of halogens is 1. The molecule has 0 aliphatic heterocycles. The summed E-state index contributed by atoms with van der Waals surface area (Å²) >= 11 is 0. The Morgan fingerprint density at radius 2 is 0.917 bits per heavy atom. The second-order valence-corrected chi connectivity index (χ2v) is 15.6. The summed E-state index contributed by atoms with van der Waals surface area (Å²) in [5.41, 5.74) is 1.58. The predicted octanol–water partition coefficient (Wildman–Crippen LogP) is 14.6. The van der Waals surface area contributed by atoms with Crippen LogP contribution in [0.3, 0.4) is 0 Å². The number of nitrogens with zero attached hydrogens (tertiary/aromatic N) is 2. The summed E-state index contributed by atoms with van der Waals surface area (Å²) in [6.45, 7) is 5.69. The molecule has 4 aromatic rings. The number of aliphatic imine (C=N–C) groups is 2. The van der Waals surface area contributed by atoms with E-state index in [0.29, 0.717) is 47.2 Å². The Bertz CT molecular complexity index is 1890. The maximum atomic E-state index is 14.7. The zero-order valence-electron chi connectivity index (χ0n) is 36.0. The van der Waals surface area contributed by atoms with Crippen LogP contribution in [0.25, 0.3) is 0 Å². The van der Waals surface area contributed by atoms with Gasteiger partial charge in [0.25, 0.3) is 0 Å². The van der Waals surface area contributed by atoms with E-state index < -0.39 is 11.8 Å². The molecule has 4 rings (SSSR count). The number of ether oxygens (including phenoxy) is 3. The fraction of sp³-hybridized carbons (Fsp3) is 0.471. The number of carbonyl (C=O) groups is 1. The zero-order chi connectivity index (χ0) is 42.6. The van der Waals surface area contributed by atoms with Crippen LogP contribution < -0.4 is 14.2 Å². The lowest BCUT2D eigenvalue weighted by molar-refractivity contribution is 0.0730. The average Bonchev–Trinajstić information content (AvgIpc) is 3.25. The van der Waals surface area contributed by atoms with E-state index in [1.54, 1.807) is 60.8 Å². The van der Waals surface area contributed by atoms with Gasteiger partial charge in [0.05, 0.1) is 30.2 Å². The highest BCUT2D eigenvalue weighted by Crippen LogP contribution is 2.27. The molecule has 0 unspecified atom stereocenters. The fourth-order valence-electron chi connectivity index (χ4n) is 6.80. The largest absolute Gasteiger partial charge is 0.507 e. The van der Waals surface area contributed by atoms with Crippen LogP contribution >= 0.6 is 0 Å². The minimum absolute atomic E-state index is 0.00294. The van der Waals surface area contributed by atoms with E-state index >= 15 is 0 Å². The number of carbonyl (C=O) groups excluding carboxylic acids is 1. The Balaban J connectivity index is 1.18. The molecule has 0 saturated heterocycles. The maximum Gasteiger partial charge on any atom is 0.346 e. The number of hydrogen-bond acceptors (Lipinski definition) is 8. The van der Waals surface area contributed by atoms with Gasteiger partial charge in [-0.05, 0) is 79.6 Å². The summed E-state index contributed by atoms with van der Waals surface area (Å²) in [6.07, 6.45) is 28.1. The van der Waals surface area contributed by atoms with Gasteiger partial charge in [-0.2, -0.15) is 0 Å². The van der Waals surface area contributed by atoms with E-state index in [0.717, 1.165) is 31.7 Å². The van der Waals surface area contributed by atoms with E-state index in [4.69, 9.17) is 14.2 Å². The molecule has 2 N–H and O–H groups in total. The number of unbranched alkanes of at least 4 members (excludes halogenated alkanes) is 18. The van der Waals surface area contributed by atoms with E-state index in [1.807, 2.05) is 6.07 Å².